The predicted molar refractivity (Wildman–Crippen MR) is 246 cm³/mol. The van der Waals surface area contributed by atoms with Crippen molar-refractivity contribution in [3.05, 3.63) is 65.7 Å². The maximum Gasteiger partial charge on any atom is 0.246 e. The van der Waals surface area contributed by atoms with E-state index in [-0.39, 0.29) is 87.7 Å². The Morgan fingerprint density at radius 1 is 0.803 bits per heavy atom. The summed E-state index contributed by atoms with van der Waals surface area (Å²) in [5.74, 6) is -6.47. The van der Waals surface area contributed by atoms with Gasteiger partial charge < -0.3 is 64.8 Å². The molecule has 9 amide bonds. The molecular formula is C42H58N12O10S2. The van der Waals surface area contributed by atoms with Crippen LogP contribution in [0.2, 0.25) is 0 Å². The molecule has 2 aromatic rings. The number of carbonyl (C=O) groups excluding carboxylic acids is 9. The van der Waals surface area contributed by atoms with Gasteiger partial charge in [0, 0.05) is 50.3 Å². The SMILES string of the molecule is NC(=O)CC[C@@H]1NC(=O)[C@H](Cc2ccccc2)NC(=O)[C@H](Cc2ccc(O)cc2)NC(=O)CCSSC[C@@H](C(=O)N2CCC[C@H]2C(=O)N[C@H](CCCN=C(N)N)C(=O)NCC(N)=O)NC1=O. The molecule has 6 atom stereocenters. The second kappa shape index (κ2) is 26.4. The van der Waals surface area contributed by atoms with Gasteiger partial charge in [-0.25, -0.2) is 0 Å². The van der Waals surface area contributed by atoms with E-state index in [0.29, 0.717) is 17.5 Å². The van der Waals surface area contributed by atoms with Crippen molar-refractivity contribution in [3.63, 3.8) is 0 Å². The number of phenolic OH excluding ortho intramolecular Hbond substituents is 1. The third kappa shape index (κ3) is 17.4. The number of benzene rings is 2. The number of hydrogen-bond donors (Lipinski definition) is 11. The van der Waals surface area contributed by atoms with E-state index < -0.39 is 96.0 Å². The average Bonchev–Trinajstić information content (AvgIpc) is 3.77. The van der Waals surface area contributed by atoms with Crippen molar-refractivity contribution >= 4 is 80.7 Å². The van der Waals surface area contributed by atoms with Crippen molar-refractivity contribution in [1.29, 1.82) is 0 Å². The Labute approximate surface area is 389 Å². The molecule has 0 saturated carbocycles. The lowest BCUT2D eigenvalue weighted by Crippen LogP contribution is -2.60. The molecule has 22 nitrogen and oxygen atoms in total. The number of guanidine groups is 1. The number of nitrogens with zero attached hydrogens (tertiary/aromatic N) is 2. The minimum Gasteiger partial charge on any atom is -0.508 e. The van der Waals surface area contributed by atoms with Crippen LogP contribution in [0.4, 0.5) is 0 Å². The van der Waals surface area contributed by atoms with Crippen molar-refractivity contribution in [2.45, 2.75) is 94.0 Å². The quantitative estimate of drug-likeness (QED) is 0.0333. The van der Waals surface area contributed by atoms with E-state index in [2.05, 4.69) is 36.9 Å². The number of hydrogen-bond acceptors (Lipinski definition) is 13. The summed E-state index contributed by atoms with van der Waals surface area (Å²) in [6.45, 7) is -0.240. The normalized spacial score (nSPS) is 21.4. The van der Waals surface area contributed by atoms with Crippen LogP contribution in [0.15, 0.2) is 59.6 Å². The molecular weight excluding hydrogens is 897 g/mol. The van der Waals surface area contributed by atoms with E-state index in [1.54, 1.807) is 42.5 Å². The molecule has 0 radical (unpaired) electrons. The van der Waals surface area contributed by atoms with Gasteiger partial charge in [0.2, 0.25) is 53.2 Å². The largest absolute Gasteiger partial charge is 0.508 e. The number of aromatic hydroxyl groups is 1. The maximum atomic E-state index is 14.5. The molecule has 0 unspecified atom stereocenters. The van der Waals surface area contributed by atoms with Gasteiger partial charge in [-0.1, -0.05) is 64.1 Å². The van der Waals surface area contributed by atoms with Gasteiger partial charge in [-0.15, -0.1) is 0 Å². The van der Waals surface area contributed by atoms with Gasteiger partial charge >= 0.3 is 0 Å². The first-order valence-electron chi connectivity index (χ1n) is 21.3. The average molecular weight is 955 g/mol. The molecule has 24 heteroatoms. The van der Waals surface area contributed by atoms with Gasteiger partial charge in [0.25, 0.3) is 0 Å². The molecule has 2 fully saturated rings. The highest BCUT2D eigenvalue weighted by Crippen LogP contribution is 2.26. The Balaban J connectivity index is 1.62. The highest BCUT2D eigenvalue weighted by atomic mass is 33.1. The van der Waals surface area contributed by atoms with Crippen LogP contribution in [0.5, 0.6) is 5.75 Å². The molecule has 358 valence electrons. The van der Waals surface area contributed by atoms with Crippen LogP contribution in [-0.2, 0) is 56.0 Å². The van der Waals surface area contributed by atoms with Gasteiger partial charge in [0.15, 0.2) is 5.96 Å². The summed E-state index contributed by atoms with van der Waals surface area (Å²) in [4.78, 5) is 126. The molecule has 0 spiro atoms. The smallest absolute Gasteiger partial charge is 0.246 e. The molecule has 0 aromatic heterocycles. The van der Waals surface area contributed by atoms with E-state index in [1.165, 1.54) is 27.8 Å². The zero-order valence-electron chi connectivity index (χ0n) is 36.2. The maximum absolute atomic E-state index is 14.5. The number of primary amides is 2. The Morgan fingerprint density at radius 2 is 1.44 bits per heavy atom. The van der Waals surface area contributed by atoms with E-state index in [4.69, 9.17) is 22.9 Å². The van der Waals surface area contributed by atoms with Gasteiger partial charge in [-0.3, -0.25) is 48.1 Å². The molecule has 4 rings (SSSR count). The fourth-order valence-corrected chi connectivity index (χ4v) is 9.25. The molecule has 2 aliphatic heterocycles. The number of likely N-dealkylation sites (tertiary alicyclic amines) is 1. The molecule has 2 aromatic carbocycles. The zero-order chi connectivity index (χ0) is 48.2. The lowest BCUT2D eigenvalue weighted by Gasteiger charge is -2.30. The fraction of sp³-hybridized carbons (Fsp3) is 0.476. The third-order valence-electron chi connectivity index (χ3n) is 10.5. The Bertz CT molecular complexity index is 2080. The van der Waals surface area contributed by atoms with Crippen LogP contribution >= 0.6 is 21.6 Å². The first kappa shape index (κ1) is 52.1. The van der Waals surface area contributed by atoms with Gasteiger partial charge in [0.05, 0.1) is 6.54 Å². The Kier molecular flexibility index (Phi) is 20.8. The molecule has 15 N–H and O–H groups in total. The molecule has 2 heterocycles. The van der Waals surface area contributed by atoms with Crippen molar-refractivity contribution in [2.75, 3.05) is 31.1 Å². The van der Waals surface area contributed by atoms with Crippen molar-refractivity contribution in [1.82, 2.24) is 36.8 Å². The first-order valence-corrected chi connectivity index (χ1v) is 23.8. The number of rotatable bonds is 17. The minimum atomic E-state index is -1.44. The summed E-state index contributed by atoms with van der Waals surface area (Å²) in [6, 6.07) is 7.35. The second-order valence-electron chi connectivity index (χ2n) is 15.6. The van der Waals surface area contributed by atoms with Crippen LogP contribution in [0.1, 0.15) is 56.1 Å². The molecule has 2 aliphatic rings. The minimum absolute atomic E-state index is 0.00197. The van der Waals surface area contributed by atoms with Crippen LogP contribution < -0.4 is 54.8 Å². The first-order chi connectivity index (χ1) is 31.5. The second-order valence-corrected chi connectivity index (χ2v) is 18.2. The fourth-order valence-electron chi connectivity index (χ4n) is 7.10. The molecule has 2 saturated heterocycles. The number of nitrogens with one attached hydrogen (secondary N) is 6. The highest BCUT2D eigenvalue weighted by molar-refractivity contribution is 8.76. The Morgan fingerprint density at radius 3 is 2.09 bits per heavy atom. The van der Waals surface area contributed by atoms with Crippen molar-refractivity contribution < 1.29 is 48.3 Å². The molecule has 0 bridgehead atoms. The molecule has 0 aliphatic carbocycles. The number of nitrogens with two attached hydrogens (primary N) is 4. The summed E-state index contributed by atoms with van der Waals surface area (Å²) in [7, 11) is 2.37. The number of aliphatic imine (C=N–C) groups is 1. The summed E-state index contributed by atoms with van der Waals surface area (Å²) < 4.78 is 0. The summed E-state index contributed by atoms with van der Waals surface area (Å²) in [5.41, 5.74) is 22.7. The van der Waals surface area contributed by atoms with Crippen LogP contribution in [0, 0.1) is 0 Å². The van der Waals surface area contributed by atoms with Crippen LogP contribution in [0.25, 0.3) is 0 Å². The van der Waals surface area contributed by atoms with E-state index in [0.717, 1.165) is 10.8 Å². The lowest BCUT2D eigenvalue weighted by atomic mass is 10.0. The topological polar surface area (TPSA) is 366 Å². The summed E-state index contributed by atoms with van der Waals surface area (Å²) in [6.07, 6.45) is 0.209. The zero-order valence-corrected chi connectivity index (χ0v) is 37.8. The van der Waals surface area contributed by atoms with E-state index in [9.17, 15) is 48.3 Å². The van der Waals surface area contributed by atoms with E-state index >= 15 is 0 Å². The predicted octanol–water partition coefficient (Wildman–Crippen LogP) is -2.70. The third-order valence-corrected chi connectivity index (χ3v) is 12.9. The molecule has 66 heavy (non-hydrogen) atoms. The summed E-state index contributed by atoms with van der Waals surface area (Å²) in [5, 5.41) is 25.7. The monoisotopic (exact) mass is 954 g/mol. The van der Waals surface area contributed by atoms with Crippen molar-refractivity contribution in [3.8, 4) is 5.75 Å². The van der Waals surface area contributed by atoms with Gasteiger partial charge in [0.1, 0.15) is 42.0 Å². The van der Waals surface area contributed by atoms with Crippen LogP contribution in [-0.4, -0.2) is 137 Å². The standard InChI is InChI=1S/C42H58N12O10S2/c43-33(56)15-14-28-37(60)53-31(41(64)54-18-5-9-32(54)40(63)51-27(8-4-17-47-42(45)46)36(59)48-22-34(44)57)23-66-65-19-16-35(58)49-29(21-25-10-12-26(55)13-11-25)38(61)52-30(39(62)50-28)20-24-6-2-1-3-7-24/h1-3,6-7,10-13,27-32,55H,4-5,8-9,14-23H2,(H2,43,56)(H2,44,57)(H,48,59)(H,49,58)(H,50,62)(H,51,63)(H,52,61)(H,53,60)(H4,45,46,47)/t27-,28+,29+,30+,31+,32+/m1/s1. The van der Waals surface area contributed by atoms with Gasteiger partial charge in [-0.05, 0) is 55.4 Å². The van der Waals surface area contributed by atoms with Gasteiger partial charge in [-0.2, -0.15) is 0 Å². The summed E-state index contributed by atoms with van der Waals surface area (Å²) >= 11 is 0. The van der Waals surface area contributed by atoms with Crippen molar-refractivity contribution in [2.24, 2.45) is 27.9 Å². The lowest BCUT2D eigenvalue weighted by molar-refractivity contribution is -0.142. The number of carbonyl (C=O) groups is 9. The Hall–Kier alpha value is -6.56. The number of amides is 9. The van der Waals surface area contributed by atoms with Crippen LogP contribution in [0.3, 0.4) is 0 Å². The highest BCUT2D eigenvalue weighted by Gasteiger charge is 2.40. The van der Waals surface area contributed by atoms with E-state index in [1.807, 2.05) is 0 Å². The number of phenols is 1.